The molecular weight excluding hydrogens is 497 g/mol. The fourth-order valence-electron chi connectivity index (χ4n) is 4.05. The SMILES string of the molecule is CCCCCCCCCCCCCCCCOCC(COP(=O)(O)OCC1=C(C)N(C)CO1)OC(C)=O. The number of allylic oxidation sites excluding steroid dienone is 1. The molecule has 0 aliphatic carbocycles. The van der Waals surface area contributed by atoms with Gasteiger partial charge in [0.25, 0.3) is 0 Å². The Morgan fingerprint density at radius 2 is 1.49 bits per heavy atom. The molecule has 1 rings (SSSR count). The molecule has 1 aliphatic rings. The number of esters is 1. The lowest BCUT2D eigenvalue weighted by Crippen LogP contribution is -2.27. The minimum atomic E-state index is -4.34. The molecule has 0 saturated carbocycles. The summed E-state index contributed by atoms with van der Waals surface area (Å²) in [6, 6.07) is 0. The topological polar surface area (TPSA) is 104 Å². The fraction of sp³-hybridized carbons (Fsp3) is 0.889. The van der Waals surface area contributed by atoms with Gasteiger partial charge in [-0.1, -0.05) is 90.4 Å². The Morgan fingerprint density at radius 3 is 1.97 bits per heavy atom. The van der Waals surface area contributed by atoms with Crippen molar-refractivity contribution in [3.8, 4) is 0 Å². The molecule has 0 spiro atoms. The Hall–Kier alpha value is -1.12. The second-order valence-corrected chi connectivity index (χ2v) is 11.4. The highest BCUT2D eigenvalue weighted by atomic mass is 31.2. The maximum atomic E-state index is 12.2. The summed E-state index contributed by atoms with van der Waals surface area (Å²) >= 11 is 0. The van der Waals surface area contributed by atoms with E-state index < -0.39 is 19.9 Å². The summed E-state index contributed by atoms with van der Waals surface area (Å²) in [5.41, 5.74) is 0.828. The van der Waals surface area contributed by atoms with E-state index in [9.17, 15) is 14.3 Å². The second-order valence-electron chi connectivity index (χ2n) is 9.92. The molecule has 0 aromatic heterocycles. The van der Waals surface area contributed by atoms with Gasteiger partial charge >= 0.3 is 13.8 Å². The molecule has 0 saturated heterocycles. The van der Waals surface area contributed by atoms with E-state index in [4.69, 9.17) is 23.3 Å². The van der Waals surface area contributed by atoms with Gasteiger partial charge in [0.15, 0.2) is 6.73 Å². The van der Waals surface area contributed by atoms with Crippen LogP contribution in [0, 0.1) is 0 Å². The third kappa shape index (κ3) is 17.9. The van der Waals surface area contributed by atoms with Crippen LogP contribution in [-0.4, -0.2) is 62.1 Å². The number of carbonyl (C=O) groups is 1. The third-order valence-electron chi connectivity index (χ3n) is 6.47. The van der Waals surface area contributed by atoms with Crippen molar-refractivity contribution in [2.45, 2.75) is 117 Å². The van der Waals surface area contributed by atoms with Gasteiger partial charge < -0.3 is 24.0 Å². The average molecular weight is 550 g/mol. The molecule has 10 heteroatoms. The Labute approximate surface area is 224 Å². The molecule has 37 heavy (non-hydrogen) atoms. The fourth-order valence-corrected chi connectivity index (χ4v) is 4.76. The van der Waals surface area contributed by atoms with Crippen molar-refractivity contribution in [1.29, 1.82) is 0 Å². The molecular formula is C27H52NO8P. The smallest absolute Gasteiger partial charge is 0.472 e. The first-order chi connectivity index (χ1) is 17.7. The van der Waals surface area contributed by atoms with Crippen LogP contribution in [0.25, 0.3) is 0 Å². The molecule has 0 radical (unpaired) electrons. The van der Waals surface area contributed by atoms with Crippen molar-refractivity contribution in [1.82, 2.24) is 4.90 Å². The normalized spacial score (nSPS) is 16.1. The maximum Gasteiger partial charge on any atom is 0.472 e. The van der Waals surface area contributed by atoms with Crippen LogP contribution in [-0.2, 0) is 32.6 Å². The summed E-state index contributed by atoms with van der Waals surface area (Å²) in [7, 11) is -2.50. The molecule has 0 aromatic rings. The lowest BCUT2D eigenvalue weighted by molar-refractivity contribution is -0.151. The Bertz CT molecular complexity index is 687. The lowest BCUT2D eigenvalue weighted by Gasteiger charge is -2.19. The number of carbonyl (C=O) groups excluding carboxylic acids is 1. The summed E-state index contributed by atoms with van der Waals surface area (Å²) in [6.07, 6.45) is 17.3. The molecule has 1 aliphatic heterocycles. The van der Waals surface area contributed by atoms with Gasteiger partial charge in [0.1, 0.15) is 18.5 Å². The highest BCUT2D eigenvalue weighted by Crippen LogP contribution is 2.44. The van der Waals surface area contributed by atoms with Crippen LogP contribution in [0.3, 0.4) is 0 Å². The number of nitrogens with zero attached hydrogens (tertiary/aromatic N) is 1. The molecule has 2 unspecified atom stereocenters. The van der Waals surface area contributed by atoms with Crippen molar-refractivity contribution < 1.29 is 37.5 Å². The first-order valence-electron chi connectivity index (χ1n) is 14.2. The van der Waals surface area contributed by atoms with Gasteiger partial charge in [-0.15, -0.1) is 0 Å². The predicted octanol–water partition coefficient (Wildman–Crippen LogP) is 6.70. The van der Waals surface area contributed by atoms with Crippen molar-refractivity contribution >= 4 is 13.8 Å². The van der Waals surface area contributed by atoms with Crippen LogP contribution in [0.15, 0.2) is 11.5 Å². The molecule has 0 fully saturated rings. The van der Waals surface area contributed by atoms with Crippen molar-refractivity contribution in [2.24, 2.45) is 0 Å². The molecule has 0 amide bonds. The van der Waals surface area contributed by atoms with E-state index in [1.165, 1.54) is 84.0 Å². The summed E-state index contributed by atoms with van der Waals surface area (Å²) in [6.45, 7) is 5.89. The third-order valence-corrected chi connectivity index (χ3v) is 7.40. The summed E-state index contributed by atoms with van der Waals surface area (Å²) in [5.74, 6) is -0.0287. The van der Waals surface area contributed by atoms with Crippen LogP contribution >= 0.6 is 7.82 Å². The zero-order valence-corrected chi connectivity index (χ0v) is 24.6. The standard InChI is InChI=1S/C27H52NO8P/c1-5-6-7-8-9-10-11-12-13-14-15-16-17-18-19-32-20-26(36-25(3)29)21-34-37(30,31)35-22-27-24(2)28(4)23-33-27/h26H,5-23H2,1-4H3,(H,30,31). The van der Waals surface area contributed by atoms with Gasteiger partial charge in [-0.25, -0.2) is 4.57 Å². The Morgan fingerprint density at radius 1 is 0.946 bits per heavy atom. The van der Waals surface area contributed by atoms with Crippen LogP contribution in [0.1, 0.15) is 111 Å². The van der Waals surface area contributed by atoms with Gasteiger partial charge in [-0.05, 0) is 13.3 Å². The van der Waals surface area contributed by atoms with Crippen LogP contribution in [0.5, 0.6) is 0 Å². The van der Waals surface area contributed by atoms with E-state index in [0.717, 1.165) is 18.5 Å². The van der Waals surface area contributed by atoms with Crippen molar-refractivity contribution in [3.05, 3.63) is 11.5 Å². The summed E-state index contributed by atoms with van der Waals surface area (Å²) in [5, 5.41) is 0. The van der Waals surface area contributed by atoms with Gasteiger partial charge in [0.05, 0.1) is 18.9 Å². The zero-order valence-electron chi connectivity index (χ0n) is 23.7. The number of hydrogen-bond donors (Lipinski definition) is 1. The minimum Gasteiger partial charge on any atom is -0.473 e. The van der Waals surface area contributed by atoms with E-state index in [1.807, 2.05) is 18.9 Å². The van der Waals surface area contributed by atoms with Crippen LogP contribution in [0.2, 0.25) is 0 Å². The molecule has 0 aromatic carbocycles. The molecule has 2 atom stereocenters. The van der Waals surface area contributed by atoms with Crippen molar-refractivity contribution in [3.63, 3.8) is 0 Å². The molecule has 0 bridgehead atoms. The number of rotatable bonds is 24. The van der Waals surface area contributed by atoms with Gasteiger partial charge in [0.2, 0.25) is 0 Å². The van der Waals surface area contributed by atoms with E-state index in [2.05, 4.69) is 6.92 Å². The predicted molar refractivity (Wildman–Crippen MR) is 145 cm³/mol. The van der Waals surface area contributed by atoms with Crippen LogP contribution in [0.4, 0.5) is 0 Å². The highest BCUT2D eigenvalue weighted by Gasteiger charge is 2.27. The van der Waals surface area contributed by atoms with E-state index in [-0.39, 0.29) is 19.8 Å². The quantitative estimate of drug-likeness (QED) is 0.0800. The van der Waals surface area contributed by atoms with E-state index >= 15 is 0 Å². The Kier molecular flexibility index (Phi) is 19.1. The lowest BCUT2D eigenvalue weighted by atomic mass is 10.0. The van der Waals surface area contributed by atoms with Gasteiger partial charge in [0, 0.05) is 20.6 Å². The van der Waals surface area contributed by atoms with Crippen molar-refractivity contribution in [2.75, 3.05) is 40.2 Å². The van der Waals surface area contributed by atoms with Crippen LogP contribution < -0.4 is 0 Å². The minimum absolute atomic E-state index is 0.0934. The second kappa shape index (κ2) is 20.8. The van der Waals surface area contributed by atoms with E-state index in [1.54, 1.807) is 0 Å². The summed E-state index contributed by atoms with van der Waals surface area (Å²) < 4.78 is 38.5. The largest absolute Gasteiger partial charge is 0.473 e. The number of phosphoric ester groups is 1. The average Bonchev–Trinajstić information content (AvgIpc) is 3.17. The summed E-state index contributed by atoms with van der Waals surface area (Å²) in [4.78, 5) is 23.2. The number of ether oxygens (including phenoxy) is 3. The first kappa shape index (κ1) is 33.9. The number of hydrogen-bond acceptors (Lipinski definition) is 8. The maximum absolute atomic E-state index is 12.2. The molecule has 9 nitrogen and oxygen atoms in total. The number of unbranched alkanes of at least 4 members (excludes halogenated alkanes) is 13. The Balaban J connectivity index is 2.08. The molecule has 1 N–H and O–H groups in total. The number of phosphoric acid groups is 1. The van der Waals surface area contributed by atoms with Gasteiger partial charge in [-0.2, -0.15) is 0 Å². The molecule has 218 valence electrons. The zero-order chi connectivity index (χ0) is 27.4. The molecule has 1 heterocycles. The monoisotopic (exact) mass is 549 g/mol. The first-order valence-corrected chi connectivity index (χ1v) is 15.6. The van der Waals surface area contributed by atoms with Gasteiger partial charge in [-0.3, -0.25) is 13.8 Å². The van der Waals surface area contributed by atoms with E-state index in [0.29, 0.717) is 19.1 Å². The highest BCUT2D eigenvalue weighted by molar-refractivity contribution is 7.47.